The number of aliphatic carboxylic acids is 1. The second-order valence-corrected chi connectivity index (χ2v) is 7.60. The highest BCUT2D eigenvalue weighted by Gasteiger charge is 2.19. The molecule has 0 aliphatic carbocycles. The molecular formula is C24H23N5O3. The lowest BCUT2D eigenvalue weighted by atomic mass is 10.0. The molecule has 0 atom stereocenters. The Labute approximate surface area is 184 Å². The van der Waals surface area contributed by atoms with Crippen LogP contribution in [0.15, 0.2) is 54.7 Å². The van der Waals surface area contributed by atoms with Gasteiger partial charge in [-0.2, -0.15) is 0 Å². The molecular weight excluding hydrogens is 406 g/mol. The predicted molar refractivity (Wildman–Crippen MR) is 122 cm³/mol. The lowest BCUT2D eigenvalue weighted by Gasteiger charge is -2.13. The maximum Gasteiger partial charge on any atom is 0.307 e. The van der Waals surface area contributed by atoms with Gasteiger partial charge in [0.25, 0.3) is 5.91 Å². The van der Waals surface area contributed by atoms with E-state index in [9.17, 15) is 14.7 Å². The number of carboxylic acid groups (broad SMARTS) is 1. The van der Waals surface area contributed by atoms with E-state index in [1.54, 1.807) is 35.0 Å². The van der Waals surface area contributed by atoms with Gasteiger partial charge in [0, 0.05) is 24.0 Å². The number of benzene rings is 2. The van der Waals surface area contributed by atoms with Gasteiger partial charge in [-0.3, -0.25) is 9.59 Å². The van der Waals surface area contributed by atoms with Crippen LogP contribution in [-0.2, 0) is 17.8 Å². The van der Waals surface area contributed by atoms with Crippen molar-refractivity contribution in [2.45, 2.75) is 26.8 Å². The van der Waals surface area contributed by atoms with Gasteiger partial charge in [0.05, 0.1) is 11.9 Å². The van der Waals surface area contributed by atoms with Crippen LogP contribution < -0.4 is 11.1 Å². The molecule has 0 radical (unpaired) electrons. The van der Waals surface area contributed by atoms with E-state index in [0.29, 0.717) is 29.1 Å². The fraction of sp³-hybridized carbons (Fsp3) is 0.167. The number of nitrogens with two attached hydrogens (primary N) is 1. The Hall–Kier alpha value is -4.04. The topological polar surface area (TPSA) is 123 Å². The van der Waals surface area contributed by atoms with Crippen molar-refractivity contribution in [2.75, 3.05) is 5.32 Å². The number of hydrogen-bond donors (Lipinski definition) is 3. The van der Waals surface area contributed by atoms with E-state index in [4.69, 9.17) is 5.73 Å². The molecule has 4 rings (SSSR count). The molecule has 162 valence electrons. The van der Waals surface area contributed by atoms with Gasteiger partial charge in [-0.25, -0.2) is 9.50 Å². The Balaban J connectivity index is 1.79. The molecule has 8 nitrogen and oxygen atoms in total. The normalized spacial score (nSPS) is 11.0. The summed E-state index contributed by atoms with van der Waals surface area (Å²) in [6.07, 6.45) is 1.55. The standard InChI is InChI=1S/C24H23N5O3/c1-14-8-9-16(12-21(30)31)19(11-14)26-24(32)22-20-7-4-10-29(20)28-23(27-22)18-6-3-5-17(13-25)15(18)2/h3-11H,12-13,25H2,1-2H3,(H,26,32)(H,30,31). The molecule has 0 aliphatic heterocycles. The molecule has 0 fully saturated rings. The number of carboxylic acids is 1. The summed E-state index contributed by atoms with van der Waals surface area (Å²) in [5, 5.41) is 16.6. The minimum absolute atomic E-state index is 0.195. The number of hydrogen-bond acceptors (Lipinski definition) is 5. The van der Waals surface area contributed by atoms with Crippen molar-refractivity contribution in [1.82, 2.24) is 14.6 Å². The quantitative estimate of drug-likeness (QED) is 0.432. The summed E-state index contributed by atoms with van der Waals surface area (Å²) in [5.74, 6) is -1.01. The van der Waals surface area contributed by atoms with Crippen LogP contribution in [0, 0.1) is 13.8 Å². The summed E-state index contributed by atoms with van der Waals surface area (Å²) in [7, 11) is 0. The van der Waals surface area contributed by atoms with Crippen molar-refractivity contribution >= 4 is 23.1 Å². The third kappa shape index (κ3) is 4.08. The van der Waals surface area contributed by atoms with E-state index in [0.717, 1.165) is 22.3 Å². The fourth-order valence-electron chi connectivity index (χ4n) is 3.67. The van der Waals surface area contributed by atoms with E-state index < -0.39 is 11.9 Å². The lowest BCUT2D eigenvalue weighted by Crippen LogP contribution is -2.18. The number of nitrogens with zero attached hydrogens (tertiary/aromatic N) is 3. The number of fused-ring (bicyclic) bond motifs is 1. The van der Waals surface area contributed by atoms with Gasteiger partial charge in [0.2, 0.25) is 0 Å². The highest BCUT2D eigenvalue weighted by atomic mass is 16.4. The van der Waals surface area contributed by atoms with Gasteiger partial charge < -0.3 is 16.2 Å². The molecule has 0 saturated heterocycles. The third-order valence-electron chi connectivity index (χ3n) is 5.37. The van der Waals surface area contributed by atoms with Crippen LogP contribution in [-0.4, -0.2) is 31.6 Å². The van der Waals surface area contributed by atoms with Crippen molar-refractivity contribution in [3.05, 3.63) is 82.7 Å². The van der Waals surface area contributed by atoms with Crippen LogP contribution in [0.1, 0.15) is 32.7 Å². The molecule has 2 heterocycles. The molecule has 0 spiro atoms. The first-order valence-corrected chi connectivity index (χ1v) is 10.1. The first-order chi connectivity index (χ1) is 15.4. The molecule has 2 aromatic carbocycles. The summed E-state index contributed by atoms with van der Waals surface area (Å²) in [5.41, 5.74) is 11.2. The summed E-state index contributed by atoms with van der Waals surface area (Å²) >= 11 is 0. The lowest BCUT2D eigenvalue weighted by molar-refractivity contribution is -0.136. The molecule has 4 N–H and O–H groups in total. The van der Waals surface area contributed by atoms with Gasteiger partial charge in [-0.15, -0.1) is 5.10 Å². The summed E-state index contributed by atoms with van der Waals surface area (Å²) in [6, 6.07) is 14.6. The zero-order valence-electron chi connectivity index (χ0n) is 17.8. The van der Waals surface area contributed by atoms with E-state index in [1.807, 2.05) is 38.1 Å². The van der Waals surface area contributed by atoms with Crippen LogP contribution in [0.25, 0.3) is 16.9 Å². The van der Waals surface area contributed by atoms with Gasteiger partial charge in [0.15, 0.2) is 11.5 Å². The van der Waals surface area contributed by atoms with Crippen molar-refractivity contribution in [3.63, 3.8) is 0 Å². The Morgan fingerprint density at radius 2 is 1.91 bits per heavy atom. The zero-order chi connectivity index (χ0) is 22.8. The Morgan fingerprint density at radius 1 is 1.09 bits per heavy atom. The van der Waals surface area contributed by atoms with Crippen molar-refractivity contribution in [2.24, 2.45) is 5.73 Å². The Kier molecular flexibility index (Phi) is 5.70. The second-order valence-electron chi connectivity index (χ2n) is 7.60. The van der Waals surface area contributed by atoms with E-state index in [2.05, 4.69) is 15.4 Å². The van der Waals surface area contributed by atoms with Gasteiger partial charge in [0.1, 0.15) is 0 Å². The molecule has 0 aliphatic rings. The highest BCUT2D eigenvalue weighted by molar-refractivity contribution is 6.08. The molecule has 0 saturated carbocycles. The number of carbonyl (C=O) groups excluding carboxylic acids is 1. The van der Waals surface area contributed by atoms with E-state index in [1.165, 1.54) is 0 Å². The van der Waals surface area contributed by atoms with E-state index in [-0.39, 0.29) is 12.1 Å². The summed E-state index contributed by atoms with van der Waals surface area (Å²) in [4.78, 5) is 29.1. The fourth-order valence-corrected chi connectivity index (χ4v) is 3.67. The number of rotatable bonds is 6. The van der Waals surface area contributed by atoms with E-state index >= 15 is 0 Å². The van der Waals surface area contributed by atoms with Crippen LogP contribution in [0.2, 0.25) is 0 Å². The zero-order valence-corrected chi connectivity index (χ0v) is 17.8. The average molecular weight is 429 g/mol. The van der Waals surface area contributed by atoms with Crippen molar-refractivity contribution < 1.29 is 14.7 Å². The molecule has 4 aromatic rings. The Bertz CT molecular complexity index is 1340. The Morgan fingerprint density at radius 3 is 2.66 bits per heavy atom. The van der Waals surface area contributed by atoms with Crippen molar-refractivity contribution in [1.29, 1.82) is 0 Å². The minimum atomic E-state index is -0.974. The number of aromatic nitrogens is 3. The third-order valence-corrected chi connectivity index (χ3v) is 5.37. The molecule has 2 aromatic heterocycles. The van der Waals surface area contributed by atoms with Gasteiger partial charge in [-0.1, -0.05) is 30.3 Å². The predicted octanol–water partition coefficient (Wildman–Crippen LogP) is 3.35. The van der Waals surface area contributed by atoms with Crippen molar-refractivity contribution in [3.8, 4) is 11.4 Å². The maximum absolute atomic E-state index is 13.3. The summed E-state index contributed by atoms with van der Waals surface area (Å²) in [6.45, 7) is 4.21. The average Bonchev–Trinajstić information content (AvgIpc) is 3.23. The molecule has 32 heavy (non-hydrogen) atoms. The molecule has 8 heteroatoms. The monoisotopic (exact) mass is 429 g/mol. The smallest absolute Gasteiger partial charge is 0.307 e. The van der Waals surface area contributed by atoms with Crippen LogP contribution in [0.3, 0.4) is 0 Å². The highest BCUT2D eigenvalue weighted by Crippen LogP contribution is 2.25. The molecule has 0 unspecified atom stereocenters. The largest absolute Gasteiger partial charge is 0.481 e. The first kappa shape index (κ1) is 21.2. The number of amides is 1. The van der Waals surface area contributed by atoms with Crippen LogP contribution in [0.5, 0.6) is 0 Å². The van der Waals surface area contributed by atoms with Crippen LogP contribution >= 0.6 is 0 Å². The second kappa shape index (κ2) is 8.60. The number of anilines is 1. The SMILES string of the molecule is Cc1ccc(CC(=O)O)c(NC(=O)c2nc(-c3cccc(CN)c3C)nn3cccc23)c1. The molecule has 1 amide bonds. The van der Waals surface area contributed by atoms with Crippen LogP contribution in [0.4, 0.5) is 5.69 Å². The first-order valence-electron chi connectivity index (χ1n) is 10.1. The van der Waals surface area contributed by atoms with Gasteiger partial charge >= 0.3 is 5.97 Å². The number of carbonyl (C=O) groups is 2. The summed E-state index contributed by atoms with van der Waals surface area (Å²) < 4.78 is 1.61. The minimum Gasteiger partial charge on any atom is -0.481 e. The molecule has 0 bridgehead atoms. The maximum atomic E-state index is 13.3. The number of aryl methyl sites for hydroxylation is 1. The number of nitrogens with one attached hydrogen (secondary N) is 1. The van der Waals surface area contributed by atoms with Gasteiger partial charge in [-0.05, 0) is 54.3 Å².